The van der Waals surface area contributed by atoms with Gasteiger partial charge in [-0.3, -0.25) is 14.2 Å². The van der Waals surface area contributed by atoms with Gasteiger partial charge in [-0.05, 0) is 55.0 Å². The van der Waals surface area contributed by atoms with Crippen LogP contribution in [0.1, 0.15) is 35.0 Å². The van der Waals surface area contributed by atoms with Crippen molar-refractivity contribution < 1.29 is 32.5 Å². The van der Waals surface area contributed by atoms with Gasteiger partial charge in [0.05, 0.1) is 43.9 Å². The van der Waals surface area contributed by atoms with E-state index in [1.165, 1.54) is 26.2 Å². The van der Waals surface area contributed by atoms with Crippen molar-refractivity contribution in [3.05, 3.63) is 114 Å². The number of hydrogen-bond acceptors (Lipinski definition) is 8. The predicted molar refractivity (Wildman–Crippen MR) is 151 cm³/mol. The third-order valence-corrected chi connectivity index (χ3v) is 6.29. The van der Waals surface area contributed by atoms with Crippen molar-refractivity contribution in [3.8, 4) is 23.3 Å². The van der Waals surface area contributed by atoms with Crippen molar-refractivity contribution >= 4 is 23.6 Å². The number of aliphatic carboxylic acids is 1. The van der Waals surface area contributed by atoms with Gasteiger partial charge in [0.1, 0.15) is 11.5 Å². The minimum absolute atomic E-state index is 0.0163. The van der Waals surface area contributed by atoms with E-state index in [2.05, 4.69) is 10.1 Å². The first-order chi connectivity index (χ1) is 20.8. The molecule has 2 heterocycles. The Morgan fingerprint density at radius 2 is 1.80 bits per heavy atom. The minimum Gasteiger partial charge on any atom is -0.497 e. The van der Waals surface area contributed by atoms with Crippen LogP contribution in [0.25, 0.3) is 6.08 Å². The first-order valence-corrected chi connectivity index (χ1v) is 12.9. The number of benzene rings is 2. The third kappa shape index (κ3) is 7.31. The normalized spacial score (nSPS) is 11.6. The lowest BCUT2D eigenvalue weighted by Gasteiger charge is -2.15. The summed E-state index contributed by atoms with van der Waals surface area (Å²) >= 11 is 5.94. The summed E-state index contributed by atoms with van der Waals surface area (Å²) in [5.74, 6) is -2.20. The van der Waals surface area contributed by atoms with Gasteiger partial charge < -0.3 is 14.6 Å². The molecule has 0 spiro atoms. The van der Waals surface area contributed by atoms with Crippen molar-refractivity contribution in [1.29, 1.82) is 5.26 Å². The van der Waals surface area contributed by atoms with Gasteiger partial charge in [0, 0.05) is 16.2 Å². The number of carbonyl (C=O) groups is 1. The van der Waals surface area contributed by atoms with E-state index < -0.39 is 41.3 Å². The van der Waals surface area contributed by atoms with E-state index in [0.717, 1.165) is 27.5 Å². The molecule has 4 aromatic rings. The van der Waals surface area contributed by atoms with Crippen LogP contribution in [0.5, 0.6) is 17.2 Å². The molecular weight excluding hydrogens is 607 g/mol. The van der Waals surface area contributed by atoms with E-state index in [1.54, 1.807) is 30.3 Å². The Bertz CT molecular complexity index is 1930. The molecule has 0 saturated heterocycles. The lowest BCUT2D eigenvalue weighted by Crippen LogP contribution is -2.30. The lowest BCUT2D eigenvalue weighted by atomic mass is 10.1. The van der Waals surface area contributed by atoms with Crippen LogP contribution in [-0.4, -0.2) is 37.5 Å². The molecule has 0 aliphatic heterocycles. The highest BCUT2D eigenvalue weighted by molar-refractivity contribution is 6.30. The van der Waals surface area contributed by atoms with E-state index in [1.807, 2.05) is 0 Å². The summed E-state index contributed by atoms with van der Waals surface area (Å²) in [4.78, 5) is 41.4. The van der Waals surface area contributed by atoms with Gasteiger partial charge in [0.2, 0.25) is 5.75 Å². The molecule has 0 radical (unpaired) electrons. The largest absolute Gasteiger partial charge is 0.497 e. The summed E-state index contributed by atoms with van der Waals surface area (Å²) in [6, 6.07) is 13.2. The van der Waals surface area contributed by atoms with Crippen LogP contribution in [0.15, 0.2) is 70.0 Å². The molecular formula is C29H21ClF3N5O6. The number of nitrogens with zero attached hydrogens (tertiary/aromatic N) is 5. The Morgan fingerprint density at radius 3 is 2.41 bits per heavy atom. The number of carboxylic acid groups (broad SMARTS) is 1. The highest BCUT2D eigenvalue weighted by Crippen LogP contribution is 2.35. The zero-order chi connectivity index (χ0) is 32.2. The summed E-state index contributed by atoms with van der Waals surface area (Å²) < 4.78 is 53.7. The molecule has 4 rings (SSSR count). The number of hydrogen-bond donors (Lipinski definition) is 1. The smallest absolute Gasteiger partial charge is 0.437 e. The first kappa shape index (κ1) is 31.5. The number of carboxylic acids is 1. The molecule has 0 unspecified atom stereocenters. The second kappa shape index (κ2) is 12.8. The SMILES string of the molecule is COc1ccc(Cn2nc(Cn3cnc(C(F)(F)F)c(Oc4cc(Cl)cc(C#N)c4)c3=O)cc(/C=C(\C)C(=O)O)c2=O)cc1. The quantitative estimate of drug-likeness (QED) is 0.260. The molecule has 0 bridgehead atoms. The highest BCUT2D eigenvalue weighted by Gasteiger charge is 2.39. The first-order valence-electron chi connectivity index (χ1n) is 12.5. The van der Waals surface area contributed by atoms with Crippen LogP contribution in [0, 0.1) is 11.3 Å². The Hall–Kier alpha value is -5.42. The topological polar surface area (TPSA) is 149 Å². The van der Waals surface area contributed by atoms with Crippen LogP contribution in [-0.2, 0) is 24.1 Å². The van der Waals surface area contributed by atoms with E-state index in [-0.39, 0.29) is 39.7 Å². The Balaban J connectivity index is 1.82. The van der Waals surface area contributed by atoms with E-state index in [9.17, 15) is 32.7 Å². The fourth-order valence-corrected chi connectivity index (χ4v) is 4.19. The van der Waals surface area contributed by atoms with Crippen molar-refractivity contribution in [1.82, 2.24) is 19.3 Å². The molecule has 0 atom stereocenters. The van der Waals surface area contributed by atoms with E-state index >= 15 is 0 Å². The number of halogens is 4. The van der Waals surface area contributed by atoms with Crippen LogP contribution < -0.4 is 20.6 Å². The fraction of sp³-hybridized carbons (Fsp3) is 0.172. The molecule has 11 nitrogen and oxygen atoms in total. The van der Waals surface area contributed by atoms with Gasteiger partial charge in [-0.2, -0.15) is 23.5 Å². The molecule has 0 amide bonds. The molecule has 15 heteroatoms. The standard InChI is InChI=1S/C29H21ClF3N5O6/c1-16(28(41)42)7-19-10-21(36-38(26(19)39)13-17-3-5-22(43-2)6-4-17)14-37-15-35-25(29(31,32)33)24(27(37)40)44-23-9-18(12-34)8-20(30)11-23/h3-11,15H,13-14H2,1-2H3,(H,41,42)/b16-7+. The molecule has 0 aliphatic carbocycles. The van der Waals surface area contributed by atoms with Gasteiger partial charge in [-0.15, -0.1) is 0 Å². The van der Waals surface area contributed by atoms with Crippen LogP contribution in [0.2, 0.25) is 5.02 Å². The molecule has 0 aliphatic rings. The average Bonchev–Trinajstić information content (AvgIpc) is 2.96. The molecule has 1 N–H and O–H groups in total. The zero-order valence-electron chi connectivity index (χ0n) is 22.9. The van der Waals surface area contributed by atoms with Crippen LogP contribution >= 0.6 is 11.6 Å². The summed E-state index contributed by atoms with van der Waals surface area (Å²) in [6.45, 7) is 0.737. The van der Waals surface area contributed by atoms with Crippen LogP contribution in [0.4, 0.5) is 13.2 Å². The van der Waals surface area contributed by atoms with Crippen LogP contribution in [0.3, 0.4) is 0 Å². The second-order valence-corrected chi connectivity index (χ2v) is 9.71. The molecule has 0 saturated carbocycles. The zero-order valence-corrected chi connectivity index (χ0v) is 23.7. The van der Waals surface area contributed by atoms with Gasteiger partial charge in [-0.25, -0.2) is 14.5 Å². The summed E-state index contributed by atoms with van der Waals surface area (Å²) in [6.07, 6.45) is -3.32. The van der Waals surface area contributed by atoms with Gasteiger partial charge in [-0.1, -0.05) is 23.7 Å². The number of alkyl halides is 3. The van der Waals surface area contributed by atoms with Crippen molar-refractivity contribution in [3.63, 3.8) is 0 Å². The number of aromatic nitrogens is 4. The molecule has 226 valence electrons. The number of nitriles is 1. The maximum absolute atomic E-state index is 13.8. The van der Waals surface area contributed by atoms with Gasteiger partial charge >= 0.3 is 12.1 Å². The second-order valence-electron chi connectivity index (χ2n) is 9.28. The number of rotatable bonds is 9. The Kier molecular flexibility index (Phi) is 9.20. The van der Waals surface area contributed by atoms with Gasteiger partial charge in [0.15, 0.2) is 5.69 Å². The highest BCUT2D eigenvalue weighted by atomic mass is 35.5. The molecule has 0 fully saturated rings. The molecule has 44 heavy (non-hydrogen) atoms. The number of ether oxygens (including phenoxy) is 2. The Morgan fingerprint density at radius 1 is 1.09 bits per heavy atom. The van der Waals surface area contributed by atoms with E-state index in [0.29, 0.717) is 17.6 Å². The maximum Gasteiger partial charge on any atom is 0.437 e. The minimum atomic E-state index is -5.08. The maximum atomic E-state index is 13.8. The summed E-state index contributed by atoms with van der Waals surface area (Å²) in [5.41, 5.74) is -3.15. The van der Waals surface area contributed by atoms with Crippen molar-refractivity contribution in [2.45, 2.75) is 26.2 Å². The third-order valence-electron chi connectivity index (χ3n) is 6.07. The monoisotopic (exact) mass is 627 g/mol. The number of methoxy groups -OCH3 is 1. The van der Waals surface area contributed by atoms with E-state index in [4.69, 9.17) is 26.3 Å². The molecule has 2 aromatic heterocycles. The van der Waals surface area contributed by atoms with Crippen molar-refractivity contribution in [2.75, 3.05) is 7.11 Å². The predicted octanol–water partition coefficient (Wildman–Crippen LogP) is 4.73. The lowest BCUT2D eigenvalue weighted by molar-refractivity contribution is -0.142. The molecule has 2 aromatic carbocycles. The van der Waals surface area contributed by atoms with Gasteiger partial charge in [0.25, 0.3) is 11.1 Å². The van der Waals surface area contributed by atoms with Crippen molar-refractivity contribution in [2.24, 2.45) is 0 Å². The fourth-order valence-electron chi connectivity index (χ4n) is 3.96. The Labute approximate surface area is 251 Å². The summed E-state index contributed by atoms with van der Waals surface area (Å²) in [5, 5.41) is 22.8. The summed E-state index contributed by atoms with van der Waals surface area (Å²) in [7, 11) is 1.49. The average molecular weight is 628 g/mol.